The largest absolute Gasteiger partial charge is 0.298 e. The van der Waals surface area contributed by atoms with Gasteiger partial charge in [-0.1, -0.05) is 6.42 Å². The minimum absolute atomic E-state index is 0.234. The number of carbonyl (C=O) groups is 1. The van der Waals surface area contributed by atoms with Gasteiger partial charge in [-0.2, -0.15) is 5.26 Å². The second-order valence-corrected chi connectivity index (χ2v) is 6.11. The van der Waals surface area contributed by atoms with E-state index in [9.17, 15) is 10.1 Å². The monoisotopic (exact) mass is 217 g/mol. The lowest BCUT2D eigenvalue weighted by Gasteiger charge is -2.28. The summed E-state index contributed by atoms with van der Waals surface area (Å²) in [5, 5.41) is 9.35. The molecule has 0 saturated heterocycles. The van der Waals surface area contributed by atoms with Crippen LogP contribution in [-0.2, 0) is 4.79 Å². The molecule has 2 nitrogen and oxygen atoms in total. The van der Waals surface area contributed by atoms with Crippen molar-refractivity contribution in [2.24, 2.45) is 23.2 Å². The molecular weight excluding hydrogens is 198 g/mol. The number of fused-ring (bicyclic) bond motifs is 2. The van der Waals surface area contributed by atoms with Gasteiger partial charge in [0.1, 0.15) is 5.41 Å². The zero-order chi connectivity index (χ0) is 11.2. The lowest BCUT2D eigenvalue weighted by atomic mass is 9.73. The quantitative estimate of drug-likeness (QED) is 0.713. The molecule has 0 aliphatic heterocycles. The maximum atomic E-state index is 11.9. The summed E-state index contributed by atoms with van der Waals surface area (Å²) in [7, 11) is 0. The standard InChI is InChI=1S/C14H19NO/c15-9-14(5-1-2-13(14)16)8-12-7-10-3-4-11(12)6-10/h10-12H,1-8H2. The topological polar surface area (TPSA) is 40.9 Å². The van der Waals surface area contributed by atoms with Crippen molar-refractivity contribution in [1.82, 2.24) is 0 Å². The summed E-state index contributed by atoms with van der Waals surface area (Å²) in [6.07, 6.45) is 8.71. The molecule has 2 bridgehead atoms. The first-order chi connectivity index (χ1) is 7.73. The van der Waals surface area contributed by atoms with E-state index in [1.807, 2.05) is 0 Å². The molecule has 0 aromatic rings. The summed E-state index contributed by atoms with van der Waals surface area (Å²) in [4.78, 5) is 11.9. The molecule has 0 radical (unpaired) electrons. The molecule has 86 valence electrons. The third-order valence-corrected chi connectivity index (χ3v) is 5.25. The molecule has 3 fully saturated rings. The van der Waals surface area contributed by atoms with Crippen LogP contribution >= 0.6 is 0 Å². The van der Waals surface area contributed by atoms with Crippen LogP contribution in [0.15, 0.2) is 0 Å². The Labute approximate surface area is 97.0 Å². The molecule has 0 spiro atoms. The van der Waals surface area contributed by atoms with Crippen molar-refractivity contribution < 1.29 is 4.79 Å². The Balaban J connectivity index is 1.74. The lowest BCUT2D eigenvalue weighted by molar-refractivity contribution is -0.124. The second-order valence-electron chi connectivity index (χ2n) is 6.11. The van der Waals surface area contributed by atoms with E-state index in [-0.39, 0.29) is 5.78 Å². The SMILES string of the molecule is N#CC1(CC2CC3CCC2C3)CCCC1=O. The van der Waals surface area contributed by atoms with Crippen LogP contribution in [0.2, 0.25) is 0 Å². The zero-order valence-corrected chi connectivity index (χ0v) is 9.74. The van der Waals surface area contributed by atoms with E-state index in [2.05, 4.69) is 6.07 Å². The Morgan fingerprint density at radius 1 is 1.38 bits per heavy atom. The Morgan fingerprint density at radius 2 is 2.25 bits per heavy atom. The fourth-order valence-corrected chi connectivity index (χ4v) is 4.38. The summed E-state index contributed by atoms with van der Waals surface area (Å²) < 4.78 is 0. The van der Waals surface area contributed by atoms with E-state index in [1.165, 1.54) is 25.7 Å². The maximum Gasteiger partial charge on any atom is 0.153 e. The van der Waals surface area contributed by atoms with Gasteiger partial charge < -0.3 is 0 Å². The van der Waals surface area contributed by atoms with Crippen molar-refractivity contribution in [3.8, 4) is 6.07 Å². The predicted molar refractivity (Wildman–Crippen MR) is 60.5 cm³/mol. The van der Waals surface area contributed by atoms with Crippen LogP contribution in [0, 0.1) is 34.5 Å². The van der Waals surface area contributed by atoms with Crippen LogP contribution in [0.25, 0.3) is 0 Å². The van der Waals surface area contributed by atoms with Gasteiger partial charge in [-0.05, 0) is 56.3 Å². The summed E-state index contributed by atoms with van der Waals surface area (Å²) in [5.41, 5.74) is -0.574. The van der Waals surface area contributed by atoms with Crippen molar-refractivity contribution in [2.75, 3.05) is 0 Å². The summed E-state index contributed by atoms with van der Waals surface area (Å²) in [6.45, 7) is 0. The molecule has 3 aliphatic rings. The van der Waals surface area contributed by atoms with Crippen molar-refractivity contribution in [3.05, 3.63) is 0 Å². The molecule has 3 aliphatic carbocycles. The van der Waals surface area contributed by atoms with E-state index >= 15 is 0 Å². The van der Waals surface area contributed by atoms with Crippen LogP contribution < -0.4 is 0 Å². The van der Waals surface area contributed by atoms with E-state index in [4.69, 9.17) is 0 Å². The van der Waals surface area contributed by atoms with Gasteiger partial charge >= 0.3 is 0 Å². The number of Topliss-reactive ketones (excluding diaryl/α,β-unsaturated/α-hetero) is 1. The van der Waals surface area contributed by atoms with Crippen LogP contribution in [0.1, 0.15) is 51.4 Å². The highest BCUT2D eigenvalue weighted by atomic mass is 16.1. The van der Waals surface area contributed by atoms with E-state index in [1.54, 1.807) is 0 Å². The van der Waals surface area contributed by atoms with Crippen molar-refractivity contribution in [1.29, 1.82) is 5.26 Å². The van der Waals surface area contributed by atoms with Crippen LogP contribution in [0.5, 0.6) is 0 Å². The molecule has 0 aromatic carbocycles. The van der Waals surface area contributed by atoms with Gasteiger partial charge in [0, 0.05) is 6.42 Å². The Morgan fingerprint density at radius 3 is 2.75 bits per heavy atom. The summed E-state index contributed by atoms with van der Waals surface area (Å²) in [6, 6.07) is 2.36. The Bertz CT molecular complexity index is 356. The van der Waals surface area contributed by atoms with Crippen molar-refractivity contribution in [3.63, 3.8) is 0 Å². The number of carbonyl (C=O) groups excluding carboxylic acids is 1. The summed E-state index contributed by atoms with van der Waals surface area (Å²) >= 11 is 0. The zero-order valence-electron chi connectivity index (χ0n) is 9.74. The number of hydrogen-bond donors (Lipinski definition) is 0. The molecule has 16 heavy (non-hydrogen) atoms. The Hall–Kier alpha value is -0.840. The van der Waals surface area contributed by atoms with Gasteiger partial charge in [0.2, 0.25) is 0 Å². The fourth-order valence-electron chi connectivity index (χ4n) is 4.38. The molecule has 0 amide bonds. The third kappa shape index (κ3) is 1.41. The normalized spacial score (nSPS) is 46.2. The number of rotatable bonds is 2. The van der Waals surface area contributed by atoms with Gasteiger partial charge in [-0.25, -0.2) is 0 Å². The Kier molecular flexibility index (Phi) is 2.31. The molecule has 2 heteroatoms. The van der Waals surface area contributed by atoms with E-state index in [0.717, 1.165) is 31.1 Å². The molecule has 3 rings (SSSR count). The molecule has 0 N–H and O–H groups in total. The van der Waals surface area contributed by atoms with Crippen LogP contribution in [-0.4, -0.2) is 5.78 Å². The molecule has 0 aromatic heterocycles. The van der Waals surface area contributed by atoms with Crippen molar-refractivity contribution in [2.45, 2.75) is 51.4 Å². The second kappa shape index (κ2) is 3.58. The number of nitrogens with zero attached hydrogens (tertiary/aromatic N) is 1. The molecule has 0 heterocycles. The molecule has 4 atom stereocenters. The molecule has 4 unspecified atom stereocenters. The smallest absolute Gasteiger partial charge is 0.153 e. The van der Waals surface area contributed by atoms with Gasteiger partial charge in [-0.3, -0.25) is 4.79 Å². The first-order valence-corrected chi connectivity index (χ1v) is 6.68. The van der Waals surface area contributed by atoms with Crippen molar-refractivity contribution >= 4 is 5.78 Å². The average molecular weight is 217 g/mol. The summed E-state index contributed by atoms with van der Waals surface area (Å²) in [5.74, 6) is 2.67. The van der Waals surface area contributed by atoms with Gasteiger partial charge in [-0.15, -0.1) is 0 Å². The van der Waals surface area contributed by atoms with E-state index in [0.29, 0.717) is 12.3 Å². The predicted octanol–water partition coefficient (Wildman–Crippen LogP) is 3.08. The third-order valence-electron chi connectivity index (χ3n) is 5.25. The highest BCUT2D eigenvalue weighted by Crippen LogP contribution is 2.53. The van der Waals surface area contributed by atoms with Gasteiger partial charge in [0.15, 0.2) is 5.78 Å². The van der Waals surface area contributed by atoms with Crippen LogP contribution in [0.3, 0.4) is 0 Å². The molecule has 3 saturated carbocycles. The first kappa shape index (κ1) is 10.3. The minimum atomic E-state index is -0.574. The maximum absolute atomic E-state index is 11.9. The van der Waals surface area contributed by atoms with Crippen LogP contribution in [0.4, 0.5) is 0 Å². The highest BCUT2D eigenvalue weighted by Gasteiger charge is 2.48. The average Bonchev–Trinajstić information content (AvgIpc) is 2.96. The minimum Gasteiger partial charge on any atom is -0.298 e. The number of nitriles is 1. The van der Waals surface area contributed by atoms with E-state index < -0.39 is 5.41 Å². The number of hydrogen-bond acceptors (Lipinski definition) is 2. The lowest BCUT2D eigenvalue weighted by Crippen LogP contribution is -2.28. The number of ketones is 1. The fraction of sp³-hybridized carbons (Fsp3) is 0.857. The van der Waals surface area contributed by atoms with Gasteiger partial charge in [0.05, 0.1) is 6.07 Å². The highest BCUT2D eigenvalue weighted by molar-refractivity contribution is 5.89. The molecular formula is C14H19NO. The van der Waals surface area contributed by atoms with Gasteiger partial charge in [0.25, 0.3) is 0 Å². The first-order valence-electron chi connectivity index (χ1n) is 6.68.